The molecule has 0 spiro atoms. The molecule has 0 unspecified atom stereocenters. The topological polar surface area (TPSA) is 51.5 Å². The number of ether oxygens (including phenoxy) is 1. The highest BCUT2D eigenvalue weighted by molar-refractivity contribution is 5.81. The first kappa shape index (κ1) is 12.5. The van der Waals surface area contributed by atoms with E-state index in [-0.39, 0.29) is 12.0 Å². The smallest absolute Gasteiger partial charge is 0.330 e. The Kier molecular flexibility index (Phi) is 5.36. The van der Waals surface area contributed by atoms with Crippen molar-refractivity contribution in [3.05, 3.63) is 36.3 Å². The Morgan fingerprint density at radius 2 is 2.50 bits per heavy atom. The molecule has 1 heterocycles. The summed E-state index contributed by atoms with van der Waals surface area (Å²) < 4.78 is 9.98. The minimum absolute atomic E-state index is 0.127. The van der Waals surface area contributed by atoms with E-state index in [1.54, 1.807) is 19.3 Å². The van der Waals surface area contributed by atoms with E-state index in [9.17, 15) is 4.79 Å². The van der Waals surface area contributed by atoms with Crippen LogP contribution in [0.25, 0.3) is 0 Å². The maximum atomic E-state index is 11.0. The fourth-order valence-electron chi connectivity index (χ4n) is 1.23. The van der Waals surface area contributed by atoms with Crippen LogP contribution in [-0.4, -0.2) is 19.1 Å². The zero-order chi connectivity index (χ0) is 11.8. The zero-order valence-electron chi connectivity index (χ0n) is 9.60. The molecule has 0 saturated carbocycles. The van der Waals surface area contributed by atoms with E-state index in [4.69, 9.17) is 9.15 Å². The van der Waals surface area contributed by atoms with Crippen molar-refractivity contribution in [1.29, 1.82) is 0 Å². The Hall–Kier alpha value is -1.55. The first-order valence-electron chi connectivity index (χ1n) is 5.34. The second kappa shape index (κ2) is 6.85. The van der Waals surface area contributed by atoms with Gasteiger partial charge < -0.3 is 14.5 Å². The summed E-state index contributed by atoms with van der Waals surface area (Å²) in [7, 11) is 0. The van der Waals surface area contributed by atoms with E-state index in [1.165, 1.54) is 6.08 Å². The molecule has 1 aromatic rings. The highest BCUT2D eigenvalue weighted by Crippen LogP contribution is 2.11. The number of nitrogens with one attached hydrogen (secondary N) is 1. The van der Waals surface area contributed by atoms with Crippen LogP contribution in [0.3, 0.4) is 0 Å². The van der Waals surface area contributed by atoms with Crippen molar-refractivity contribution in [2.75, 3.05) is 13.2 Å². The normalized spacial score (nSPS) is 12.9. The Morgan fingerprint density at radius 1 is 1.69 bits per heavy atom. The molecule has 88 valence electrons. The van der Waals surface area contributed by atoms with Gasteiger partial charge in [-0.15, -0.1) is 0 Å². The molecule has 1 rings (SSSR count). The first-order valence-corrected chi connectivity index (χ1v) is 5.34. The predicted molar refractivity (Wildman–Crippen MR) is 60.9 cm³/mol. The highest BCUT2D eigenvalue weighted by Gasteiger charge is 2.05. The van der Waals surface area contributed by atoms with Crippen LogP contribution >= 0.6 is 0 Å². The van der Waals surface area contributed by atoms with Gasteiger partial charge in [0.2, 0.25) is 0 Å². The fourth-order valence-corrected chi connectivity index (χ4v) is 1.23. The molecule has 0 radical (unpaired) electrons. The quantitative estimate of drug-likeness (QED) is 0.592. The molecule has 0 fully saturated rings. The summed E-state index contributed by atoms with van der Waals surface area (Å²) >= 11 is 0. The number of carbonyl (C=O) groups is 1. The number of rotatable bonds is 6. The van der Waals surface area contributed by atoms with Gasteiger partial charge in [-0.1, -0.05) is 6.08 Å². The summed E-state index contributed by atoms with van der Waals surface area (Å²) in [5.41, 5.74) is 0. The van der Waals surface area contributed by atoms with Crippen LogP contribution in [0.1, 0.15) is 25.6 Å². The van der Waals surface area contributed by atoms with Gasteiger partial charge in [0.1, 0.15) is 5.76 Å². The number of furan rings is 1. The van der Waals surface area contributed by atoms with Crippen LogP contribution in [0.4, 0.5) is 0 Å². The van der Waals surface area contributed by atoms with Crippen molar-refractivity contribution in [2.24, 2.45) is 0 Å². The monoisotopic (exact) mass is 223 g/mol. The summed E-state index contributed by atoms with van der Waals surface area (Å²) in [4.78, 5) is 11.0. The summed E-state index contributed by atoms with van der Waals surface area (Å²) in [5.74, 6) is 0.569. The summed E-state index contributed by atoms with van der Waals surface area (Å²) in [6.07, 6.45) is 4.80. The maximum Gasteiger partial charge on any atom is 0.330 e. The third-order valence-electron chi connectivity index (χ3n) is 2.05. The number of hydrogen-bond donors (Lipinski definition) is 1. The van der Waals surface area contributed by atoms with Crippen LogP contribution in [0.5, 0.6) is 0 Å². The third kappa shape index (κ3) is 4.31. The molecule has 0 aliphatic carbocycles. The molecule has 0 saturated heterocycles. The van der Waals surface area contributed by atoms with Gasteiger partial charge >= 0.3 is 5.97 Å². The van der Waals surface area contributed by atoms with Gasteiger partial charge in [-0.25, -0.2) is 4.79 Å². The molecule has 0 bridgehead atoms. The van der Waals surface area contributed by atoms with Gasteiger partial charge in [-0.3, -0.25) is 0 Å². The average molecular weight is 223 g/mol. The number of esters is 1. The van der Waals surface area contributed by atoms with Crippen molar-refractivity contribution in [2.45, 2.75) is 19.9 Å². The maximum absolute atomic E-state index is 11.0. The molecule has 1 atom stereocenters. The van der Waals surface area contributed by atoms with Crippen molar-refractivity contribution in [3.8, 4) is 0 Å². The molecule has 4 heteroatoms. The lowest BCUT2D eigenvalue weighted by atomic mass is 10.2. The van der Waals surface area contributed by atoms with Crippen LogP contribution < -0.4 is 5.32 Å². The fraction of sp³-hybridized carbons (Fsp3) is 0.417. The van der Waals surface area contributed by atoms with Gasteiger partial charge in [0.25, 0.3) is 0 Å². The standard InChI is InChI=1S/C12H17NO3/c1-3-15-12(14)7-4-8-13-10(2)11-6-5-9-16-11/h4-7,9-10,13H,3,8H2,1-2H3/b7-4+/t10-/m1/s1. The van der Waals surface area contributed by atoms with Gasteiger partial charge in [-0.2, -0.15) is 0 Å². The molecule has 1 aromatic heterocycles. The Bertz CT molecular complexity index is 330. The van der Waals surface area contributed by atoms with Gasteiger partial charge in [0.15, 0.2) is 0 Å². The van der Waals surface area contributed by atoms with Crippen molar-refractivity contribution in [1.82, 2.24) is 5.32 Å². The van der Waals surface area contributed by atoms with Crippen LogP contribution in [0, 0.1) is 0 Å². The van der Waals surface area contributed by atoms with E-state index in [2.05, 4.69) is 5.32 Å². The molecule has 4 nitrogen and oxygen atoms in total. The minimum Gasteiger partial charge on any atom is -0.468 e. The largest absolute Gasteiger partial charge is 0.468 e. The van der Waals surface area contributed by atoms with Crippen molar-refractivity contribution < 1.29 is 13.9 Å². The molecule has 1 N–H and O–H groups in total. The number of hydrogen-bond acceptors (Lipinski definition) is 4. The Labute approximate surface area is 95.3 Å². The molecule has 16 heavy (non-hydrogen) atoms. The lowest BCUT2D eigenvalue weighted by Crippen LogP contribution is -2.18. The van der Waals surface area contributed by atoms with Gasteiger partial charge in [0.05, 0.1) is 18.9 Å². The molecule has 0 aliphatic rings. The molecule has 0 amide bonds. The highest BCUT2D eigenvalue weighted by atomic mass is 16.5. The first-order chi connectivity index (χ1) is 7.74. The average Bonchev–Trinajstić information content (AvgIpc) is 2.78. The van der Waals surface area contributed by atoms with Gasteiger partial charge in [-0.05, 0) is 26.0 Å². The van der Waals surface area contributed by atoms with E-state index in [1.807, 2.05) is 19.1 Å². The van der Waals surface area contributed by atoms with Gasteiger partial charge in [0, 0.05) is 12.6 Å². The van der Waals surface area contributed by atoms with E-state index in [0.717, 1.165) is 5.76 Å². The lowest BCUT2D eigenvalue weighted by molar-refractivity contribution is -0.137. The SMILES string of the molecule is CCOC(=O)/C=C/CN[C@H](C)c1ccco1. The lowest BCUT2D eigenvalue weighted by Gasteiger charge is -2.08. The molecule has 0 aromatic carbocycles. The van der Waals surface area contributed by atoms with Crippen LogP contribution in [0.15, 0.2) is 35.0 Å². The predicted octanol–water partition coefficient (Wildman–Crippen LogP) is 2.05. The van der Waals surface area contributed by atoms with Crippen LogP contribution in [0.2, 0.25) is 0 Å². The van der Waals surface area contributed by atoms with E-state index >= 15 is 0 Å². The second-order valence-corrected chi connectivity index (χ2v) is 3.30. The van der Waals surface area contributed by atoms with E-state index in [0.29, 0.717) is 13.2 Å². The summed E-state index contributed by atoms with van der Waals surface area (Å²) in [6.45, 7) is 4.78. The number of carbonyl (C=O) groups excluding carboxylic acids is 1. The molecule has 0 aliphatic heterocycles. The summed E-state index contributed by atoms with van der Waals surface area (Å²) in [5, 5.41) is 3.19. The van der Waals surface area contributed by atoms with E-state index < -0.39 is 0 Å². The zero-order valence-corrected chi connectivity index (χ0v) is 9.60. The molecular formula is C12H17NO3. The van der Waals surface area contributed by atoms with Crippen molar-refractivity contribution in [3.63, 3.8) is 0 Å². The van der Waals surface area contributed by atoms with Crippen molar-refractivity contribution >= 4 is 5.97 Å². The Balaban J connectivity index is 2.23. The Morgan fingerprint density at radius 3 is 3.12 bits per heavy atom. The third-order valence-corrected chi connectivity index (χ3v) is 2.05. The molecular weight excluding hydrogens is 206 g/mol. The minimum atomic E-state index is -0.310. The van der Waals surface area contributed by atoms with Crippen LogP contribution in [-0.2, 0) is 9.53 Å². The second-order valence-electron chi connectivity index (χ2n) is 3.30. The summed E-state index contributed by atoms with van der Waals surface area (Å²) in [6, 6.07) is 3.89.